The van der Waals surface area contributed by atoms with Crippen LogP contribution in [0.1, 0.15) is 6.42 Å². The van der Waals surface area contributed by atoms with Gasteiger partial charge in [0.2, 0.25) is 0 Å². The molecule has 3 heteroatoms. The number of hydrogen-bond acceptors (Lipinski definition) is 2. The van der Waals surface area contributed by atoms with E-state index < -0.39 is 6.10 Å². The van der Waals surface area contributed by atoms with Crippen molar-refractivity contribution >= 4 is 0 Å². The third kappa shape index (κ3) is 0.992. The van der Waals surface area contributed by atoms with Crippen molar-refractivity contribution in [1.82, 2.24) is 5.32 Å². The van der Waals surface area contributed by atoms with Crippen LogP contribution < -0.4 is 5.32 Å². The van der Waals surface area contributed by atoms with Crippen molar-refractivity contribution in [3.8, 4) is 0 Å². The zero-order valence-corrected chi connectivity index (χ0v) is 4.63. The smallest absolute Gasteiger partial charge is 0.100 e. The van der Waals surface area contributed by atoms with E-state index in [1.807, 2.05) is 0 Å². The quantitative estimate of drug-likeness (QED) is 0.468. The Bertz CT molecular complexity index is 76.8. The predicted octanol–water partition coefficient (Wildman–Crippen LogP) is -0.860. The molecule has 1 rings (SSSR count). The molecule has 0 bridgehead atoms. The summed E-state index contributed by atoms with van der Waals surface area (Å²) in [5.41, 5.74) is 0. The predicted molar refractivity (Wildman–Crippen MR) is 28.0 cm³/mol. The standard InChI is InChI=1S/C5H10NO2/c7-3-4-5(8)1-2-6-4/h4-6,8H,1-3H2. The van der Waals surface area contributed by atoms with Gasteiger partial charge < -0.3 is 10.4 Å². The lowest BCUT2D eigenvalue weighted by Crippen LogP contribution is -2.32. The van der Waals surface area contributed by atoms with Crippen LogP contribution in [-0.2, 0) is 5.11 Å². The van der Waals surface area contributed by atoms with Gasteiger partial charge in [-0.05, 0) is 13.0 Å². The highest BCUT2D eigenvalue weighted by Gasteiger charge is 2.23. The molecule has 0 spiro atoms. The maximum atomic E-state index is 10.1. The fraction of sp³-hybridized carbons (Fsp3) is 1.00. The summed E-state index contributed by atoms with van der Waals surface area (Å²) in [5.74, 6) is 0. The van der Waals surface area contributed by atoms with E-state index in [1.165, 1.54) is 0 Å². The molecular weight excluding hydrogens is 106 g/mol. The summed E-state index contributed by atoms with van der Waals surface area (Å²) in [7, 11) is 0. The SMILES string of the molecule is [O]CC1NCCC1O. The summed E-state index contributed by atoms with van der Waals surface area (Å²) < 4.78 is 0. The van der Waals surface area contributed by atoms with Gasteiger partial charge in [0.15, 0.2) is 0 Å². The van der Waals surface area contributed by atoms with Gasteiger partial charge in [-0.15, -0.1) is 0 Å². The van der Waals surface area contributed by atoms with Crippen LogP contribution >= 0.6 is 0 Å². The van der Waals surface area contributed by atoms with Gasteiger partial charge in [-0.3, -0.25) is 0 Å². The number of aliphatic hydroxyl groups is 1. The molecule has 0 amide bonds. The van der Waals surface area contributed by atoms with E-state index >= 15 is 0 Å². The van der Waals surface area contributed by atoms with Crippen molar-refractivity contribution in [2.75, 3.05) is 13.2 Å². The molecule has 2 N–H and O–H groups in total. The highest BCUT2D eigenvalue weighted by Crippen LogP contribution is 2.04. The van der Waals surface area contributed by atoms with E-state index in [-0.39, 0.29) is 12.6 Å². The van der Waals surface area contributed by atoms with Gasteiger partial charge in [0.1, 0.15) is 6.61 Å². The Labute approximate surface area is 48.3 Å². The molecule has 0 aromatic carbocycles. The molecule has 1 saturated heterocycles. The largest absolute Gasteiger partial charge is 0.391 e. The van der Waals surface area contributed by atoms with E-state index in [4.69, 9.17) is 5.11 Å². The summed E-state index contributed by atoms with van der Waals surface area (Å²) in [6.07, 6.45) is 0.333. The number of hydrogen-bond donors (Lipinski definition) is 2. The van der Waals surface area contributed by atoms with Crippen LogP contribution in [0.15, 0.2) is 0 Å². The minimum atomic E-state index is -0.396. The van der Waals surface area contributed by atoms with Gasteiger partial charge in [-0.25, -0.2) is 5.11 Å². The van der Waals surface area contributed by atoms with Crippen LogP contribution in [-0.4, -0.2) is 30.4 Å². The average molecular weight is 116 g/mol. The zero-order valence-electron chi connectivity index (χ0n) is 4.63. The Morgan fingerprint density at radius 3 is 2.75 bits per heavy atom. The molecular formula is C5H10NO2. The molecule has 0 aromatic heterocycles. The maximum Gasteiger partial charge on any atom is 0.100 e. The summed E-state index contributed by atoms with van der Waals surface area (Å²) in [6, 6.07) is -0.185. The zero-order chi connectivity index (χ0) is 5.98. The summed E-state index contributed by atoms with van der Waals surface area (Å²) in [4.78, 5) is 0. The third-order valence-corrected chi connectivity index (χ3v) is 1.49. The van der Waals surface area contributed by atoms with Crippen molar-refractivity contribution in [2.45, 2.75) is 18.6 Å². The molecule has 1 radical (unpaired) electrons. The second kappa shape index (κ2) is 2.44. The highest BCUT2D eigenvalue weighted by molar-refractivity contribution is 4.81. The fourth-order valence-electron chi connectivity index (χ4n) is 0.924. The van der Waals surface area contributed by atoms with E-state index in [9.17, 15) is 5.11 Å². The highest BCUT2D eigenvalue weighted by atomic mass is 16.3. The van der Waals surface area contributed by atoms with Crippen molar-refractivity contribution in [2.24, 2.45) is 0 Å². The lowest BCUT2D eigenvalue weighted by atomic mass is 10.2. The van der Waals surface area contributed by atoms with Crippen molar-refractivity contribution in [1.29, 1.82) is 0 Å². The van der Waals surface area contributed by atoms with Crippen LogP contribution in [0, 0.1) is 0 Å². The number of nitrogens with one attached hydrogen (secondary N) is 1. The van der Waals surface area contributed by atoms with Gasteiger partial charge in [0.05, 0.1) is 12.1 Å². The Morgan fingerprint density at radius 2 is 2.50 bits per heavy atom. The Balaban J connectivity index is 2.30. The molecule has 2 atom stereocenters. The fourth-order valence-corrected chi connectivity index (χ4v) is 0.924. The summed E-state index contributed by atoms with van der Waals surface area (Å²) in [5, 5.41) is 21.9. The first-order valence-corrected chi connectivity index (χ1v) is 2.84. The van der Waals surface area contributed by atoms with E-state index in [2.05, 4.69) is 5.32 Å². The normalized spacial score (nSPS) is 38.2. The Kier molecular flexibility index (Phi) is 1.83. The monoisotopic (exact) mass is 116 g/mol. The van der Waals surface area contributed by atoms with Gasteiger partial charge in [-0.2, -0.15) is 0 Å². The van der Waals surface area contributed by atoms with Crippen molar-refractivity contribution < 1.29 is 10.2 Å². The number of rotatable bonds is 1. The molecule has 1 aliphatic heterocycles. The lowest BCUT2D eigenvalue weighted by Gasteiger charge is -2.07. The Morgan fingerprint density at radius 1 is 1.75 bits per heavy atom. The second-order valence-corrected chi connectivity index (χ2v) is 2.08. The molecule has 1 aliphatic rings. The minimum Gasteiger partial charge on any atom is -0.391 e. The van der Waals surface area contributed by atoms with Crippen LogP contribution in [0.3, 0.4) is 0 Å². The molecule has 3 nitrogen and oxygen atoms in total. The third-order valence-electron chi connectivity index (χ3n) is 1.49. The minimum absolute atomic E-state index is 0.185. The van der Waals surface area contributed by atoms with Crippen molar-refractivity contribution in [3.05, 3.63) is 0 Å². The van der Waals surface area contributed by atoms with Gasteiger partial charge in [0, 0.05) is 0 Å². The molecule has 0 saturated carbocycles. The first-order chi connectivity index (χ1) is 3.84. The summed E-state index contributed by atoms with van der Waals surface area (Å²) in [6.45, 7) is 0.579. The van der Waals surface area contributed by atoms with Gasteiger partial charge in [0.25, 0.3) is 0 Å². The summed E-state index contributed by atoms with van der Waals surface area (Å²) >= 11 is 0. The molecule has 1 heterocycles. The van der Waals surface area contributed by atoms with Crippen LogP contribution in [0.5, 0.6) is 0 Å². The first kappa shape index (κ1) is 6.01. The molecule has 0 aromatic rings. The van der Waals surface area contributed by atoms with Crippen LogP contribution in [0.2, 0.25) is 0 Å². The molecule has 0 aliphatic carbocycles. The topological polar surface area (TPSA) is 52.2 Å². The van der Waals surface area contributed by atoms with Gasteiger partial charge >= 0.3 is 0 Å². The molecule has 8 heavy (non-hydrogen) atoms. The van der Waals surface area contributed by atoms with Gasteiger partial charge in [-0.1, -0.05) is 0 Å². The van der Waals surface area contributed by atoms with Crippen LogP contribution in [0.25, 0.3) is 0 Å². The van der Waals surface area contributed by atoms with Crippen LogP contribution in [0.4, 0.5) is 0 Å². The van der Waals surface area contributed by atoms with E-state index in [0.717, 1.165) is 13.0 Å². The lowest BCUT2D eigenvalue weighted by molar-refractivity contribution is 0.0898. The number of aliphatic hydroxyl groups excluding tert-OH is 1. The first-order valence-electron chi connectivity index (χ1n) is 2.84. The van der Waals surface area contributed by atoms with E-state index in [1.54, 1.807) is 0 Å². The van der Waals surface area contributed by atoms with E-state index in [0.29, 0.717) is 0 Å². The maximum absolute atomic E-state index is 10.1. The van der Waals surface area contributed by atoms with Crippen molar-refractivity contribution in [3.63, 3.8) is 0 Å². The second-order valence-electron chi connectivity index (χ2n) is 2.08. The average Bonchev–Trinajstić information content (AvgIpc) is 2.14. The molecule has 1 fully saturated rings. The molecule has 2 unspecified atom stereocenters. The Hall–Kier alpha value is -0.120. The molecule has 47 valence electrons.